The Kier molecular flexibility index (Phi) is 3.75. The Hall–Kier alpha value is -2.37. The predicted molar refractivity (Wildman–Crippen MR) is 92.9 cm³/mol. The first-order chi connectivity index (χ1) is 11.6. The Labute approximate surface area is 148 Å². The van der Waals surface area contributed by atoms with Crippen molar-refractivity contribution in [3.05, 3.63) is 70.4 Å². The second-order valence-electron chi connectivity index (χ2n) is 5.54. The third-order valence-corrected chi connectivity index (χ3v) is 4.78. The van der Waals surface area contributed by atoms with Crippen LogP contribution in [-0.4, -0.2) is 20.4 Å². The number of hydrogen-bond acceptors (Lipinski definition) is 3. The van der Waals surface area contributed by atoms with Crippen LogP contribution in [-0.2, 0) is 4.79 Å². The number of carbonyl (C=O) groups is 1. The molecule has 0 unspecified atom stereocenters. The Balaban J connectivity index is 1.82. The summed E-state index contributed by atoms with van der Waals surface area (Å²) in [4.78, 5) is 20.9. The first-order valence-electron chi connectivity index (χ1n) is 7.36. The molecule has 1 amide bonds. The Morgan fingerprint density at radius 1 is 1.21 bits per heavy atom. The average molecular weight is 359 g/mol. The number of benzene rings is 1. The fraction of sp³-hybridized carbons (Fsp3) is 0.118. The smallest absolute Gasteiger partial charge is 0.226 e. The summed E-state index contributed by atoms with van der Waals surface area (Å²) in [5, 5.41) is 3.86. The first-order valence-corrected chi connectivity index (χ1v) is 8.11. The number of pyridine rings is 1. The van der Waals surface area contributed by atoms with Gasteiger partial charge in [0, 0.05) is 18.5 Å². The summed E-state index contributed by atoms with van der Waals surface area (Å²) < 4.78 is 1.82. The number of aromatic nitrogens is 3. The van der Waals surface area contributed by atoms with Crippen molar-refractivity contribution in [1.82, 2.24) is 14.5 Å². The summed E-state index contributed by atoms with van der Waals surface area (Å²) in [5.74, 6) is 0.431. The van der Waals surface area contributed by atoms with Crippen LogP contribution < -0.4 is 5.32 Å². The van der Waals surface area contributed by atoms with Gasteiger partial charge in [0.25, 0.3) is 0 Å². The maximum absolute atomic E-state index is 12.2. The molecule has 0 spiro atoms. The van der Waals surface area contributed by atoms with Crippen LogP contribution in [0.2, 0.25) is 10.0 Å². The standard InChI is InChI=1S/C17H12Cl2N4O/c18-13-4-3-10(6-14(13)19)12-7-15(24)22-17-16(12)21-9-23(17)11-2-1-5-20-8-11/h1-6,8-9,12H,7H2,(H,22,24)/t12-/m1/s1. The second kappa shape index (κ2) is 5.92. The number of hydrogen-bond donors (Lipinski definition) is 1. The Bertz CT molecular complexity index is 924. The fourth-order valence-electron chi connectivity index (χ4n) is 2.90. The number of amides is 1. The summed E-state index contributed by atoms with van der Waals surface area (Å²) in [6, 6.07) is 9.15. The second-order valence-corrected chi connectivity index (χ2v) is 6.35. The molecule has 2 aromatic heterocycles. The highest BCUT2D eigenvalue weighted by atomic mass is 35.5. The fourth-order valence-corrected chi connectivity index (χ4v) is 3.21. The van der Waals surface area contributed by atoms with E-state index in [4.69, 9.17) is 23.2 Å². The summed E-state index contributed by atoms with van der Waals surface area (Å²) >= 11 is 12.1. The van der Waals surface area contributed by atoms with E-state index < -0.39 is 0 Å². The van der Waals surface area contributed by atoms with Crippen LogP contribution in [0.15, 0.2) is 49.1 Å². The molecule has 0 fully saturated rings. The molecule has 1 atom stereocenters. The molecule has 1 aliphatic heterocycles. The normalized spacial score (nSPS) is 16.6. The van der Waals surface area contributed by atoms with Crippen molar-refractivity contribution in [3.8, 4) is 5.69 Å². The van der Waals surface area contributed by atoms with Gasteiger partial charge in [-0.2, -0.15) is 0 Å². The molecule has 120 valence electrons. The molecule has 4 rings (SSSR count). The van der Waals surface area contributed by atoms with Gasteiger partial charge in [0.05, 0.1) is 27.6 Å². The van der Waals surface area contributed by atoms with Crippen molar-refractivity contribution >= 4 is 34.9 Å². The van der Waals surface area contributed by atoms with Crippen molar-refractivity contribution < 1.29 is 4.79 Å². The van der Waals surface area contributed by atoms with Crippen molar-refractivity contribution in [2.24, 2.45) is 0 Å². The molecule has 5 nitrogen and oxygen atoms in total. The van der Waals surface area contributed by atoms with E-state index in [-0.39, 0.29) is 11.8 Å². The molecular formula is C17H12Cl2N4O. The van der Waals surface area contributed by atoms with Crippen LogP contribution in [0.25, 0.3) is 5.69 Å². The highest BCUT2D eigenvalue weighted by Crippen LogP contribution is 2.38. The van der Waals surface area contributed by atoms with Gasteiger partial charge in [-0.3, -0.25) is 14.3 Å². The highest BCUT2D eigenvalue weighted by molar-refractivity contribution is 6.42. The topological polar surface area (TPSA) is 59.8 Å². The molecule has 3 aromatic rings. The highest BCUT2D eigenvalue weighted by Gasteiger charge is 2.31. The minimum absolute atomic E-state index is 0.0655. The number of imidazole rings is 1. The molecule has 0 saturated carbocycles. The summed E-state index contributed by atoms with van der Waals surface area (Å²) in [7, 11) is 0. The summed E-state index contributed by atoms with van der Waals surface area (Å²) in [6.07, 6.45) is 5.42. The van der Waals surface area contributed by atoms with E-state index in [1.165, 1.54) is 0 Å². The third-order valence-electron chi connectivity index (χ3n) is 4.04. The quantitative estimate of drug-likeness (QED) is 0.751. The predicted octanol–water partition coefficient (Wildman–Crippen LogP) is 4.05. The molecule has 0 saturated heterocycles. The lowest BCUT2D eigenvalue weighted by Gasteiger charge is -2.23. The Morgan fingerprint density at radius 2 is 2.08 bits per heavy atom. The maximum Gasteiger partial charge on any atom is 0.226 e. The van der Waals surface area contributed by atoms with Gasteiger partial charge >= 0.3 is 0 Å². The number of nitrogens with zero attached hydrogens (tertiary/aromatic N) is 3. The zero-order valence-electron chi connectivity index (χ0n) is 12.4. The van der Waals surface area contributed by atoms with E-state index in [0.717, 1.165) is 16.9 Å². The molecule has 1 aliphatic rings. The molecule has 0 bridgehead atoms. The van der Waals surface area contributed by atoms with Crippen molar-refractivity contribution in [1.29, 1.82) is 0 Å². The number of nitrogens with one attached hydrogen (secondary N) is 1. The summed E-state index contributed by atoms with van der Waals surface area (Å²) in [6.45, 7) is 0. The van der Waals surface area contributed by atoms with Crippen LogP contribution in [0.4, 0.5) is 5.82 Å². The molecule has 3 heterocycles. The van der Waals surface area contributed by atoms with Gasteiger partial charge in [0.15, 0.2) is 0 Å². The van der Waals surface area contributed by atoms with Gasteiger partial charge < -0.3 is 5.32 Å². The van der Waals surface area contributed by atoms with Gasteiger partial charge in [-0.05, 0) is 29.8 Å². The van der Waals surface area contributed by atoms with E-state index in [1.807, 2.05) is 22.8 Å². The minimum Gasteiger partial charge on any atom is -0.310 e. The van der Waals surface area contributed by atoms with E-state index in [0.29, 0.717) is 22.3 Å². The maximum atomic E-state index is 12.2. The Morgan fingerprint density at radius 3 is 2.83 bits per heavy atom. The summed E-state index contributed by atoms with van der Waals surface area (Å²) in [5.41, 5.74) is 2.55. The van der Waals surface area contributed by atoms with Crippen LogP contribution in [0.3, 0.4) is 0 Å². The molecule has 24 heavy (non-hydrogen) atoms. The van der Waals surface area contributed by atoms with E-state index >= 15 is 0 Å². The van der Waals surface area contributed by atoms with Gasteiger partial charge in [-0.1, -0.05) is 29.3 Å². The van der Waals surface area contributed by atoms with E-state index in [1.54, 1.807) is 30.9 Å². The van der Waals surface area contributed by atoms with Gasteiger partial charge in [0.1, 0.15) is 12.1 Å². The molecular weight excluding hydrogens is 347 g/mol. The molecule has 7 heteroatoms. The van der Waals surface area contributed by atoms with E-state index in [2.05, 4.69) is 15.3 Å². The number of fused-ring (bicyclic) bond motifs is 1. The largest absolute Gasteiger partial charge is 0.310 e. The van der Waals surface area contributed by atoms with Crippen LogP contribution in [0.5, 0.6) is 0 Å². The number of carbonyl (C=O) groups excluding carboxylic acids is 1. The van der Waals surface area contributed by atoms with Crippen LogP contribution >= 0.6 is 23.2 Å². The van der Waals surface area contributed by atoms with Crippen molar-refractivity contribution in [2.75, 3.05) is 5.32 Å². The van der Waals surface area contributed by atoms with Gasteiger partial charge in [-0.15, -0.1) is 0 Å². The zero-order valence-corrected chi connectivity index (χ0v) is 13.9. The zero-order chi connectivity index (χ0) is 16.7. The molecule has 1 N–H and O–H groups in total. The van der Waals surface area contributed by atoms with Crippen molar-refractivity contribution in [2.45, 2.75) is 12.3 Å². The first kappa shape index (κ1) is 15.2. The van der Waals surface area contributed by atoms with Gasteiger partial charge in [-0.25, -0.2) is 4.98 Å². The average Bonchev–Trinajstić information content (AvgIpc) is 3.01. The number of halogens is 2. The number of rotatable bonds is 2. The number of anilines is 1. The third kappa shape index (κ3) is 2.56. The lowest BCUT2D eigenvalue weighted by molar-refractivity contribution is -0.116. The van der Waals surface area contributed by atoms with Crippen LogP contribution in [0.1, 0.15) is 23.6 Å². The molecule has 1 aromatic carbocycles. The molecule has 0 radical (unpaired) electrons. The van der Waals surface area contributed by atoms with Crippen molar-refractivity contribution in [3.63, 3.8) is 0 Å². The lowest BCUT2D eigenvalue weighted by Crippen LogP contribution is -2.24. The lowest BCUT2D eigenvalue weighted by atomic mass is 9.90. The SMILES string of the molecule is O=C1C[C@H](c2ccc(Cl)c(Cl)c2)c2ncn(-c3cccnc3)c2N1. The van der Waals surface area contributed by atoms with Gasteiger partial charge in [0.2, 0.25) is 5.91 Å². The van der Waals surface area contributed by atoms with Crippen LogP contribution in [0, 0.1) is 0 Å². The monoisotopic (exact) mass is 358 g/mol. The molecule has 0 aliphatic carbocycles. The minimum atomic E-state index is -0.165. The van der Waals surface area contributed by atoms with E-state index in [9.17, 15) is 4.79 Å².